The number of nitrogens with two attached hydrogens (primary N) is 1. The highest BCUT2D eigenvalue weighted by molar-refractivity contribution is 8.45. The summed E-state index contributed by atoms with van der Waals surface area (Å²) in [6.45, 7) is 0. The first kappa shape index (κ1) is 13.3. The van der Waals surface area contributed by atoms with Crippen molar-refractivity contribution in [3.8, 4) is 0 Å². The molecule has 0 spiro atoms. The molecule has 0 radical (unpaired) electrons. The highest BCUT2D eigenvalue weighted by Gasteiger charge is 2.65. The molecular weight excluding hydrogens is 249 g/mol. The Balaban J connectivity index is 0.00000169. The predicted molar refractivity (Wildman–Crippen MR) is 49.5 cm³/mol. The van der Waals surface area contributed by atoms with Crippen molar-refractivity contribution in [2.24, 2.45) is 0 Å². The first-order valence-corrected chi connectivity index (χ1v) is 5.04. The Hall–Kier alpha value is -0.690. The van der Waals surface area contributed by atoms with Gasteiger partial charge < -0.3 is 5.73 Å². The Bertz CT molecular complexity index is 330. The molecule has 84 valence electrons. The summed E-state index contributed by atoms with van der Waals surface area (Å²) in [5, 5.41) is 0. The van der Waals surface area contributed by atoms with Crippen LogP contribution in [0.25, 0.3) is 0 Å². The van der Waals surface area contributed by atoms with Gasteiger partial charge in [0.2, 0.25) is 0 Å². The van der Waals surface area contributed by atoms with Crippen molar-refractivity contribution in [3.63, 3.8) is 0 Å². The molecule has 0 aliphatic rings. The van der Waals surface area contributed by atoms with Crippen LogP contribution in [0.3, 0.4) is 0 Å². The smallest absolute Gasteiger partial charge is 0.310 e. The van der Waals surface area contributed by atoms with Crippen LogP contribution in [0.5, 0.6) is 0 Å². The number of benzene rings is 1. The lowest BCUT2D eigenvalue weighted by Crippen LogP contribution is -2.05. The third kappa shape index (κ3) is 3.22. The Morgan fingerprint density at radius 3 is 1.50 bits per heavy atom. The second kappa shape index (κ2) is 2.66. The summed E-state index contributed by atoms with van der Waals surface area (Å²) in [7, 11) is -9.51. The molecular formula is C6H7ClF5NS. The first-order valence-electron chi connectivity index (χ1n) is 3.09. The topological polar surface area (TPSA) is 26.0 Å². The summed E-state index contributed by atoms with van der Waals surface area (Å²) in [5.74, 6) is 0. The SMILES string of the molecule is Cl.Nc1ccc(S(F)(F)(F)(F)F)cc1. The Morgan fingerprint density at radius 1 is 0.857 bits per heavy atom. The van der Waals surface area contributed by atoms with Crippen LogP contribution < -0.4 is 5.73 Å². The van der Waals surface area contributed by atoms with E-state index < -0.39 is 15.1 Å². The summed E-state index contributed by atoms with van der Waals surface area (Å²) in [4.78, 5) is -1.92. The molecule has 0 atom stereocenters. The number of anilines is 1. The fourth-order valence-electron chi connectivity index (χ4n) is 0.725. The first-order chi connectivity index (χ1) is 5.49. The van der Waals surface area contributed by atoms with Crippen LogP contribution in [0.4, 0.5) is 25.1 Å². The quantitative estimate of drug-likeness (QED) is 0.586. The van der Waals surface area contributed by atoms with Gasteiger partial charge in [0.25, 0.3) is 0 Å². The molecule has 1 rings (SSSR count). The maximum atomic E-state index is 12.0. The van der Waals surface area contributed by atoms with Crippen LogP contribution in [0.1, 0.15) is 0 Å². The molecule has 0 bridgehead atoms. The summed E-state index contributed by atoms with van der Waals surface area (Å²) in [5.41, 5.74) is 5.06. The van der Waals surface area contributed by atoms with Gasteiger partial charge in [0.15, 0.2) is 0 Å². The Morgan fingerprint density at radius 2 is 1.21 bits per heavy atom. The van der Waals surface area contributed by atoms with E-state index in [0.29, 0.717) is 0 Å². The van der Waals surface area contributed by atoms with Crippen LogP contribution in [-0.2, 0) is 0 Å². The molecule has 0 aromatic heterocycles. The minimum absolute atomic E-state index is 0. The summed E-state index contributed by atoms with van der Waals surface area (Å²) < 4.78 is 60.2. The molecule has 14 heavy (non-hydrogen) atoms. The second-order valence-electron chi connectivity index (χ2n) is 2.54. The molecule has 0 fully saturated rings. The van der Waals surface area contributed by atoms with Gasteiger partial charge in [0.05, 0.1) is 0 Å². The van der Waals surface area contributed by atoms with Gasteiger partial charge in [0, 0.05) is 5.69 Å². The second-order valence-corrected chi connectivity index (χ2v) is 4.95. The van der Waals surface area contributed by atoms with Crippen molar-refractivity contribution >= 4 is 28.3 Å². The maximum Gasteiger partial charge on any atom is 0.310 e. The highest BCUT2D eigenvalue weighted by Crippen LogP contribution is 3.02. The van der Waals surface area contributed by atoms with Crippen molar-refractivity contribution in [3.05, 3.63) is 24.3 Å². The van der Waals surface area contributed by atoms with Crippen LogP contribution in [0, 0.1) is 0 Å². The van der Waals surface area contributed by atoms with Gasteiger partial charge in [-0.3, -0.25) is 0 Å². The van der Waals surface area contributed by atoms with E-state index in [1.165, 1.54) is 0 Å². The van der Waals surface area contributed by atoms with Gasteiger partial charge in [-0.25, -0.2) is 0 Å². The zero-order valence-electron chi connectivity index (χ0n) is 6.59. The molecule has 0 aliphatic heterocycles. The summed E-state index contributed by atoms with van der Waals surface area (Å²) in [6.07, 6.45) is 0. The van der Waals surface area contributed by atoms with Crippen LogP contribution in [0.15, 0.2) is 29.2 Å². The standard InChI is InChI=1S/C6H6F5NS.ClH/c7-13(8,9,10,11)6-3-1-5(12)2-4-6;/h1-4H,12H2;1H. The zero-order chi connectivity index (χ0) is 10.4. The lowest BCUT2D eigenvalue weighted by Gasteiger charge is -2.40. The van der Waals surface area contributed by atoms with Gasteiger partial charge in [-0.1, -0.05) is 19.4 Å². The lowest BCUT2D eigenvalue weighted by atomic mass is 10.3. The van der Waals surface area contributed by atoms with Crippen LogP contribution in [0.2, 0.25) is 0 Å². The van der Waals surface area contributed by atoms with E-state index >= 15 is 0 Å². The number of nitrogen functional groups attached to an aromatic ring is 1. The van der Waals surface area contributed by atoms with E-state index in [0.717, 1.165) is 12.1 Å². The van der Waals surface area contributed by atoms with Gasteiger partial charge in [0.1, 0.15) is 4.90 Å². The number of hydrogen-bond donors (Lipinski definition) is 1. The van der Waals surface area contributed by atoms with Gasteiger partial charge >= 0.3 is 10.2 Å². The molecule has 0 saturated heterocycles. The van der Waals surface area contributed by atoms with Crippen molar-refractivity contribution < 1.29 is 19.4 Å². The normalized spacial score (nSPS) is 16.4. The molecule has 0 saturated carbocycles. The Kier molecular flexibility index (Phi) is 2.53. The van der Waals surface area contributed by atoms with Gasteiger partial charge in [-0.05, 0) is 24.3 Å². The number of hydrogen-bond acceptors (Lipinski definition) is 1. The van der Waals surface area contributed by atoms with E-state index in [1.54, 1.807) is 0 Å². The molecule has 0 amide bonds. The maximum absolute atomic E-state index is 12.0. The minimum atomic E-state index is -9.51. The molecule has 1 nitrogen and oxygen atoms in total. The Labute approximate surface area is 83.2 Å². The molecule has 0 unspecified atom stereocenters. The average Bonchev–Trinajstić information content (AvgIpc) is 1.82. The zero-order valence-corrected chi connectivity index (χ0v) is 8.23. The molecule has 0 heterocycles. The average molecular weight is 256 g/mol. The van der Waals surface area contributed by atoms with Crippen molar-refractivity contribution in [1.82, 2.24) is 0 Å². The largest absolute Gasteiger partial charge is 0.399 e. The highest BCUT2D eigenvalue weighted by atomic mass is 35.5. The van der Waals surface area contributed by atoms with Gasteiger partial charge in [-0.2, -0.15) is 0 Å². The number of halogens is 6. The fourth-order valence-corrected chi connectivity index (χ4v) is 1.38. The van der Waals surface area contributed by atoms with Crippen molar-refractivity contribution in [1.29, 1.82) is 0 Å². The predicted octanol–water partition coefficient (Wildman–Crippen LogP) is 4.35. The molecule has 1 aromatic carbocycles. The molecule has 8 heteroatoms. The lowest BCUT2D eigenvalue weighted by molar-refractivity contribution is 0.364. The minimum Gasteiger partial charge on any atom is -0.399 e. The summed E-state index contributed by atoms with van der Waals surface area (Å²) >= 11 is 0. The fraction of sp³-hybridized carbons (Fsp3) is 0. The van der Waals surface area contributed by atoms with E-state index in [9.17, 15) is 19.4 Å². The number of rotatable bonds is 1. The molecule has 1 aromatic rings. The third-order valence-corrected chi connectivity index (χ3v) is 2.49. The van der Waals surface area contributed by atoms with E-state index in [2.05, 4.69) is 0 Å². The van der Waals surface area contributed by atoms with E-state index in [-0.39, 0.29) is 30.2 Å². The third-order valence-electron chi connectivity index (χ3n) is 1.33. The van der Waals surface area contributed by atoms with Crippen LogP contribution in [-0.4, -0.2) is 0 Å². The molecule has 0 aliphatic carbocycles. The van der Waals surface area contributed by atoms with Gasteiger partial charge in [-0.15, -0.1) is 12.4 Å². The monoisotopic (exact) mass is 255 g/mol. The van der Waals surface area contributed by atoms with E-state index in [1.807, 2.05) is 0 Å². The van der Waals surface area contributed by atoms with E-state index in [4.69, 9.17) is 5.73 Å². The van der Waals surface area contributed by atoms with Crippen molar-refractivity contribution in [2.45, 2.75) is 4.90 Å². The summed E-state index contributed by atoms with van der Waals surface area (Å²) in [6, 6.07) is 2.12. The van der Waals surface area contributed by atoms with Crippen LogP contribution >= 0.6 is 22.6 Å². The van der Waals surface area contributed by atoms with Crippen molar-refractivity contribution in [2.75, 3.05) is 5.73 Å². The molecule has 2 N–H and O–H groups in total.